The molecule has 1 atom stereocenters. The number of H-pyrrole nitrogens is 1. The molecule has 0 radical (unpaired) electrons. The minimum absolute atomic E-state index is 0.421. The van der Waals surface area contributed by atoms with Crippen LogP contribution in [-0.2, 0) is 0 Å². The second kappa shape index (κ2) is 5.24. The maximum absolute atomic E-state index is 4.68. The summed E-state index contributed by atoms with van der Waals surface area (Å²) < 4.78 is 0. The Kier molecular flexibility index (Phi) is 3.43. The molecular weight excluding hydrogens is 254 g/mol. The molecule has 7 nitrogen and oxygen atoms in total. The Morgan fingerprint density at radius 3 is 3.00 bits per heavy atom. The number of aromatic amines is 1. The van der Waals surface area contributed by atoms with Crippen molar-refractivity contribution < 1.29 is 0 Å². The predicted octanol–water partition coefficient (Wildman–Crippen LogP) is 0.925. The number of nitrogens with zero attached hydrogens (tertiary/aromatic N) is 5. The summed E-state index contributed by atoms with van der Waals surface area (Å²) in [7, 11) is 2.16. The smallest absolute Gasteiger partial charge is 0.226 e. The standard InChI is InChI=1S/C13H21N7/c1-4-14-13-17-11-10(15-8-16-11)12(18-13)20-6-5-19(3)7-9(20)2/h8-9H,4-7H2,1-3H3,(H2,14,15,16,17,18). The Morgan fingerprint density at radius 1 is 1.40 bits per heavy atom. The van der Waals surface area contributed by atoms with Gasteiger partial charge in [0.2, 0.25) is 5.95 Å². The van der Waals surface area contributed by atoms with Crippen LogP contribution in [0.4, 0.5) is 11.8 Å². The van der Waals surface area contributed by atoms with Gasteiger partial charge in [-0.1, -0.05) is 0 Å². The monoisotopic (exact) mass is 275 g/mol. The molecule has 2 aromatic heterocycles. The third kappa shape index (κ3) is 2.29. The number of likely N-dealkylation sites (N-methyl/N-ethyl adjacent to an activating group) is 1. The third-order valence-corrected chi connectivity index (χ3v) is 3.70. The van der Waals surface area contributed by atoms with E-state index in [1.807, 2.05) is 6.92 Å². The lowest BCUT2D eigenvalue weighted by molar-refractivity contribution is 0.275. The summed E-state index contributed by atoms with van der Waals surface area (Å²) in [5.74, 6) is 1.59. The minimum atomic E-state index is 0.421. The number of aromatic nitrogens is 4. The van der Waals surface area contributed by atoms with Gasteiger partial charge in [0.15, 0.2) is 11.5 Å². The second-order valence-corrected chi connectivity index (χ2v) is 5.31. The van der Waals surface area contributed by atoms with Crippen molar-refractivity contribution in [3.8, 4) is 0 Å². The van der Waals surface area contributed by atoms with E-state index in [2.05, 4.69) is 49.0 Å². The first-order valence-corrected chi connectivity index (χ1v) is 7.09. The van der Waals surface area contributed by atoms with Crippen LogP contribution in [0.2, 0.25) is 0 Å². The third-order valence-electron chi connectivity index (χ3n) is 3.70. The van der Waals surface area contributed by atoms with Gasteiger partial charge in [0.1, 0.15) is 5.52 Å². The van der Waals surface area contributed by atoms with Crippen LogP contribution >= 0.6 is 0 Å². The molecule has 1 aliphatic heterocycles. The fraction of sp³-hybridized carbons (Fsp3) is 0.615. The number of anilines is 2. The molecule has 0 amide bonds. The average Bonchev–Trinajstić information content (AvgIpc) is 2.86. The van der Waals surface area contributed by atoms with Crippen molar-refractivity contribution in [3.63, 3.8) is 0 Å². The zero-order valence-corrected chi connectivity index (χ0v) is 12.2. The maximum Gasteiger partial charge on any atom is 0.226 e. The first-order chi connectivity index (χ1) is 9.69. The lowest BCUT2D eigenvalue weighted by atomic mass is 10.2. The van der Waals surface area contributed by atoms with E-state index < -0.39 is 0 Å². The number of imidazole rings is 1. The molecule has 3 rings (SSSR count). The molecule has 2 N–H and O–H groups in total. The quantitative estimate of drug-likeness (QED) is 0.868. The molecule has 20 heavy (non-hydrogen) atoms. The predicted molar refractivity (Wildman–Crippen MR) is 80.2 cm³/mol. The molecule has 0 bridgehead atoms. The second-order valence-electron chi connectivity index (χ2n) is 5.31. The normalized spacial score (nSPS) is 20.6. The van der Waals surface area contributed by atoms with Gasteiger partial charge in [0, 0.05) is 32.2 Å². The van der Waals surface area contributed by atoms with Gasteiger partial charge in [0.05, 0.1) is 6.33 Å². The summed E-state index contributed by atoms with van der Waals surface area (Å²) in [6.07, 6.45) is 1.68. The number of rotatable bonds is 3. The summed E-state index contributed by atoms with van der Waals surface area (Å²) in [5.41, 5.74) is 1.64. The van der Waals surface area contributed by atoms with Gasteiger partial charge < -0.3 is 20.1 Å². The Balaban J connectivity index is 2.02. The first-order valence-electron chi connectivity index (χ1n) is 7.09. The van der Waals surface area contributed by atoms with Gasteiger partial charge in [-0.3, -0.25) is 0 Å². The van der Waals surface area contributed by atoms with Crippen LogP contribution in [0.1, 0.15) is 13.8 Å². The molecule has 0 aliphatic carbocycles. The van der Waals surface area contributed by atoms with E-state index in [1.165, 1.54) is 0 Å². The fourth-order valence-corrected chi connectivity index (χ4v) is 2.72. The van der Waals surface area contributed by atoms with E-state index in [1.54, 1.807) is 6.33 Å². The van der Waals surface area contributed by atoms with Gasteiger partial charge in [-0.15, -0.1) is 0 Å². The number of nitrogens with one attached hydrogen (secondary N) is 2. The molecule has 0 spiro atoms. The van der Waals surface area contributed by atoms with Gasteiger partial charge in [-0.05, 0) is 20.9 Å². The van der Waals surface area contributed by atoms with Crippen LogP contribution in [0.5, 0.6) is 0 Å². The van der Waals surface area contributed by atoms with Crippen molar-refractivity contribution in [3.05, 3.63) is 6.33 Å². The average molecular weight is 275 g/mol. The lowest BCUT2D eigenvalue weighted by Crippen LogP contribution is -2.51. The number of fused-ring (bicyclic) bond motifs is 1. The summed E-state index contributed by atoms with van der Waals surface area (Å²) in [6, 6.07) is 0.421. The Labute approximate surface area is 118 Å². The molecule has 3 heterocycles. The number of hydrogen-bond acceptors (Lipinski definition) is 6. The highest BCUT2D eigenvalue weighted by Gasteiger charge is 2.25. The highest BCUT2D eigenvalue weighted by molar-refractivity contribution is 5.84. The number of hydrogen-bond donors (Lipinski definition) is 2. The van der Waals surface area contributed by atoms with Gasteiger partial charge in [-0.2, -0.15) is 9.97 Å². The topological polar surface area (TPSA) is 73.0 Å². The molecule has 0 aromatic carbocycles. The van der Waals surface area contributed by atoms with E-state index >= 15 is 0 Å². The Bertz CT molecular complexity index is 593. The highest BCUT2D eigenvalue weighted by Crippen LogP contribution is 2.25. The zero-order chi connectivity index (χ0) is 14.1. The van der Waals surface area contributed by atoms with Crippen LogP contribution in [0, 0.1) is 0 Å². The molecule has 1 unspecified atom stereocenters. The molecule has 7 heteroatoms. The summed E-state index contributed by atoms with van der Waals surface area (Å²) in [4.78, 5) is 21.2. The van der Waals surface area contributed by atoms with Crippen LogP contribution < -0.4 is 10.2 Å². The van der Waals surface area contributed by atoms with Crippen LogP contribution in [0.3, 0.4) is 0 Å². The van der Waals surface area contributed by atoms with Crippen molar-refractivity contribution >= 4 is 22.9 Å². The molecule has 1 fully saturated rings. The molecule has 1 saturated heterocycles. The minimum Gasteiger partial charge on any atom is -0.354 e. The largest absolute Gasteiger partial charge is 0.354 e. The molecular formula is C13H21N7. The molecule has 0 saturated carbocycles. The SMILES string of the molecule is CCNc1nc(N2CCN(C)CC2C)c2[nH]cnc2n1. The van der Waals surface area contributed by atoms with Crippen LogP contribution in [-0.4, -0.2) is 64.1 Å². The highest BCUT2D eigenvalue weighted by atomic mass is 15.3. The van der Waals surface area contributed by atoms with E-state index in [4.69, 9.17) is 0 Å². The summed E-state index contributed by atoms with van der Waals surface area (Å²) in [6.45, 7) is 8.11. The molecule has 108 valence electrons. The summed E-state index contributed by atoms with van der Waals surface area (Å²) >= 11 is 0. The van der Waals surface area contributed by atoms with Crippen molar-refractivity contribution in [1.82, 2.24) is 24.8 Å². The van der Waals surface area contributed by atoms with E-state index in [0.717, 1.165) is 43.2 Å². The van der Waals surface area contributed by atoms with E-state index in [0.29, 0.717) is 12.0 Å². The zero-order valence-electron chi connectivity index (χ0n) is 12.2. The fourth-order valence-electron chi connectivity index (χ4n) is 2.72. The summed E-state index contributed by atoms with van der Waals surface area (Å²) in [5, 5.41) is 3.18. The maximum atomic E-state index is 4.68. The molecule has 2 aromatic rings. The van der Waals surface area contributed by atoms with Crippen LogP contribution in [0.25, 0.3) is 11.2 Å². The van der Waals surface area contributed by atoms with Crippen molar-refractivity contribution in [1.29, 1.82) is 0 Å². The van der Waals surface area contributed by atoms with Crippen molar-refractivity contribution in [2.75, 3.05) is 43.4 Å². The van der Waals surface area contributed by atoms with Gasteiger partial charge in [-0.25, -0.2) is 4.98 Å². The Hall–Kier alpha value is -1.89. The van der Waals surface area contributed by atoms with E-state index in [9.17, 15) is 0 Å². The van der Waals surface area contributed by atoms with Gasteiger partial charge >= 0.3 is 0 Å². The van der Waals surface area contributed by atoms with Crippen molar-refractivity contribution in [2.45, 2.75) is 19.9 Å². The first kappa shape index (κ1) is 13.1. The van der Waals surface area contributed by atoms with Crippen molar-refractivity contribution in [2.24, 2.45) is 0 Å². The molecule has 1 aliphatic rings. The lowest BCUT2D eigenvalue weighted by Gasteiger charge is -2.39. The number of piperazine rings is 1. The van der Waals surface area contributed by atoms with Crippen LogP contribution in [0.15, 0.2) is 6.33 Å². The Morgan fingerprint density at radius 2 is 2.25 bits per heavy atom. The van der Waals surface area contributed by atoms with E-state index in [-0.39, 0.29) is 0 Å². The van der Waals surface area contributed by atoms with Gasteiger partial charge in [0.25, 0.3) is 0 Å².